The summed E-state index contributed by atoms with van der Waals surface area (Å²) >= 11 is 0. The van der Waals surface area contributed by atoms with Crippen molar-refractivity contribution in [3.63, 3.8) is 0 Å². The second-order valence-electron chi connectivity index (χ2n) is 16.6. The number of benzene rings is 2. The molecule has 12 nitrogen and oxygen atoms in total. The van der Waals surface area contributed by atoms with E-state index in [9.17, 15) is 14.4 Å². The smallest absolute Gasteiger partial charge is 0.410 e. The van der Waals surface area contributed by atoms with Crippen molar-refractivity contribution in [2.75, 3.05) is 44.3 Å². The maximum Gasteiger partial charge on any atom is 0.410 e. The molecule has 0 N–H and O–H groups in total. The van der Waals surface area contributed by atoms with E-state index in [1.807, 2.05) is 42.5 Å². The number of carbonyl (C=O) groups is 1. The molecule has 14 heteroatoms. The van der Waals surface area contributed by atoms with Crippen molar-refractivity contribution in [1.29, 1.82) is 5.26 Å². The topological polar surface area (TPSA) is 122 Å². The van der Waals surface area contributed by atoms with E-state index in [4.69, 9.17) is 24.2 Å². The molecule has 1 amide bonds. The number of aromatic nitrogens is 4. The highest BCUT2D eigenvalue weighted by molar-refractivity contribution is 6.01. The summed E-state index contributed by atoms with van der Waals surface area (Å²) in [6, 6.07) is 9.11. The molecule has 9 rings (SSSR count). The number of fused-ring (bicyclic) bond motifs is 5. The predicted molar refractivity (Wildman–Crippen MR) is 197 cm³/mol. The molecule has 2 bridgehead atoms. The Morgan fingerprint density at radius 3 is 2.61 bits per heavy atom. The monoisotopic (exact) mass is 740 g/mol. The molecule has 2 aromatic carbocycles. The highest BCUT2D eigenvalue weighted by Gasteiger charge is 2.50. The Kier molecular flexibility index (Phi) is 8.65. The average molecular weight is 741 g/mol. The van der Waals surface area contributed by atoms with E-state index < -0.39 is 23.1 Å². The maximum atomic E-state index is 17.3. The van der Waals surface area contributed by atoms with Gasteiger partial charge in [-0.05, 0) is 90.5 Å². The van der Waals surface area contributed by atoms with Crippen LogP contribution < -0.4 is 9.64 Å². The number of nitriles is 1. The van der Waals surface area contributed by atoms with E-state index >= 15 is 4.39 Å². The summed E-state index contributed by atoms with van der Waals surface area (Å²) in [5, 5.41) is 16.1. The second kappa shape index (κ2) is 13.3. The van der Waals surface area contributed by atoms with Crippen molar-refractivity contribution in [2.45, 2.75) is 108 Å². The Bertz CT molecular complexity index is 2150. The molecule has 54 heavy (non-hydrogen) atoms. The molecule has 5 aliphatic rings. The number of halogens is 2. The molecular formula is C40H46F2N8O4. The molecule has 284 valence electrons. The fourth-order valence-electron chi connectivity index (χ4n) is 9.61. The van der Waals surface area contributed by atoms with Crippen molar-refractivity contribution in [2.24, 2.45) is 0 Å². The zero-order chi connectivity index (χ0) is 37.4. The summed E-state index contributed by atoms with van der Waals surface area (Å²) in [5.74, 6) is -0.0925. The number of alkyl halides is 1. The van der Waals surface area contributed by atoms with Gasteiger partial charge < -0.3 is 19.1 Å². The Morgan fingerprint density at radius 1 is 1.06 bits per heavy atom. The fourth-order valence-corrected chi connectivity index (χ4v) is 9.61. The molecular weight excluding hydrogens is 694 g/mol. The molecule has 0 spiro atoms. The first-order valence-electron chi connectivity index (χ1n) is 19.3. The number of carbonyl (C=O) groups excluding carboxylic acids is 1. The number of ether oxygens (including phenoxy) is 3. The van der Waals surface area contributed by atoms with Crippen molar-refractivity contribution < 1.29 is 27.8 Å². The van der Waals surface area contributed by atoms with Gasteiger partial charge in [-0.1, -0.05) is 6.07 Å². The summed E-state index contributed by atoms with van der Waals surface area (Å²) in [6.07, 6.45) is 6.79. The number of hydrogen-bond donors (Lipinski definition) is 0. The van der Waals surface area contributed by atoms with Crippen molar-refractivity contribution >= 4 is 33.7 Å². The summed E-state index contributed by atoms with van der Waals surface area (Å²) in [4.78, 5) is 29.0. The van der Waals surface area contributed by atoms with Crippen LogP contribution in [-0.2, 0) is 9.47 Å². The molecule has 5 atom stereocenters. The van der Waals surface area contributed by atoms with E-state index in [2.05, 4.69) is 21.0 Å². The Hall–Kier alpha value is -4.61. The number of nitrogens with zero attached hydrogens (tertiary/aromatic N) is 8. The van der Waals surface area contributed by atoms with Gasteiger partial charge in [-0.15, -0.1) is 0 Å². The molecule has 4 aromatic rings. The Morgan fingerprint density at radius 2 is 1.87 bits per heavy atom. The normalized spacial score (nSPS) is 27.1. The Balaban J connectivity index is 1.13. The highest BCUT2D eigenvalue weighted by atomic mass is 19.1. The standard InChI is InChI=1S/C40H46F2N8O4/c1-39(2,3)54-38(51)49-26-9-10-27(49)22-47(21-26)36-29-12-11-28(33-24(18-43)8-13-31-30(33)19-44-50(31)32-7-4-5-16-52-32)34(42)35(29)45-37(46-36)53-23-40-14-6-15-48(40)20-25(41)17-40/h8,11-13,19,25-27,32H,4-7,9-10,14-17,20-23H2,1-3H3/t25-,26?,27?,32?,40+/m1/s1. The van der Waals surface area contributed by atoms with Gasteiger partial charge in [0.15, 0.2) is 12.0 Å². The number of hydrogen-bond acceptors (Lipinski definition) is 10. The van der Waals surface area contributed by atoms with Crippen LogP contribution in [0.5, 0.6) is 6.01 Å². The average Bonchev–Trinajstić information content (AvgIpc) is 3.90. The molecule has 5 saturated heterocycles. The first kappa shape index (κ1) is 35.1. The lowest BCUT2D eigenvalue weighted by Gasteiger charge is -2.42. The van der Waals surface area contributed by atoms with Gasteiger partial charge in [-0.25, -0.2) is 18.3 Å². The maximum absolute atomic E-state index is 17.3. The van der Waals surface area contributed by atoms with Crippen molar-refractivity contribution in [1.82, 2.24) is 29.5 Å². The predicted octanol–water partition coefficient (Wildman–Crippen LogP) is 6.90. The van der Waals surface area contributed by atoms with E-state index in [1.165, 1.54) is 0 Å². The van der Waals surface area contributed by atoms with Gasteiger partial charge in [0, 0.05) is 54.6 Å². The van der Waals surface area contributed by atoms with E-state index in [-0.39, 0.29) is 48.1 Å². The zero-order valence-corrected chi connectivity index (χ0v) is 31.1. The van der Waals surface area contributed by atoms with Crippen LogP contribution in [0.4, 0.5) is 19.4 Å². The van der Waals surface area contributed by atoms with Gasteiger partial charge in [-0.3, -0.25) is 9.80 Å². The number of rotatable bonds is 6. The molecule has 0 saturated carbocycles. The molecule has 2 aromatic heterocycles. The zero-order valence-electron chi connectivity index (χ0n) is 31.1. The molecule has 0 radical (unpaired) electrons. The van der Waals surface area contributed by atoms with E-state index in [1.54, 1.807) is 18.3 Å². The minimum atomic E-state index is -0.926. The fraction of sp³-hybridized carbons (Fsp3) is 0.575. The minimum absolute atomic E-state index is 0.0139. The summed E-state index contributed by atoms with van der Waals surface area (Å²) in [7, 11) is 0. The third kappa shape index (κ3) is 6.00. The number of piperazine rings is 1. The molecule has 7 heterocycles. The first-order valence-corrected chi connectivity index (χ1v) is 19.3. The van der Waals surface area contributed by atoms with Gasteiger partial charge in [0.25, 0.3) is 0 Å². The summed E-state index contributed by atoms with van der Waals surface area (Å²) < 4.78 is 52.0. The number of anilines is 1. The molecule has 5 fully saturated rings. The van der Waals surface area contributed by atoms with Crippen LogP contribution >= 0.6 is 0 Å². The molecule has 5 aliphatic heterocycles. The van der Waals surface area contributed by atoms with Crippen molar-refractivity contribution in [3.05, 3.63) is 41.8 Å². The highest BCUT2D eigenvalue weighted by Crippen LogP contribution is 2.43. The largest absolute Gasteiger partial charge is 0.461 e. The third-order valence-corrected chi connectivity index (χ3v) is 12.0. The Labute approximate surface area is 312 Å². The van der Waals surface area contributed by atoms with Crippen LogP contribution in [0.3, 0.4) is 0 Å². The lowest BCUT2D eigenvalue weighted by Crippen LogP contribution is -2.57. The minimum Gasteiger partial charge on any atom is -0.461 e. The second-order valence-corrected chi connectivity index (χ2v) is 16.6. The first-order chi connectivity index (χ1) is 26.0. The molecule has 0 aliphatic carbocycles. The quantitative estimate of drug-likeness (QED) is 0.206. The van der Waals surface area contributed by atoms with Crippen LogP contribution in [0.25, 0.3) is 32.9 Å². The summed E-state index contributed by atoms with van der Waals surface area (Å²) in [5.41, 5.74) is 0.715. The van der Waals surface area contributed by atoms with Gasteiger partial charge >= 0.3 is 12.1 Å². The van der Waals surface area contributed by atoms with Gasteiger partial charge in [-0.2, -0.15) is 20.3 Å². The van der Waals surface area contributed by atoms with Crippen LogP contribution in [0.1, 0.15) is 83.9 Å². The SMILES string of the molecule is CC(C)(C)OC(=O)N1C2CCC1CN(c1nc(OC[C@@]34CCCN3C[C@H](F)C4)nc3c(F)c(-c4c(C#N)ccc5c4cnn5C4CCCCO4)ccc13)C2. The summed E-state index contributed by atoms with van der Waals surface area (Å²) in [6.45, 7) is 8.57. The third-order valence-electron chi connectivity index (χ3n) is 12.0. The van der Waals surface area contributed by atoms with E-state index in [0.29, 0.717) is 60.4 Å². The van der Waals surface area contributed by atoms with Gasteiger partial charge in [0.05, 0.1) is 41.0 Å². The van der Waals surface area contributed by atoms with Crippen LogP contribution in [0.15, 0.2) is 30.5 Å². The van der Waals surface area contributed by atoms with Crippen LogP contribution in [0.2, 0.25) is 0 Å². The number of amides is 1. The van der Waals surface area contributed by atoms with Crippen molar-refractivity contribution in [3.8, 4) is 23.2 Å². The van der Waals surface area contributed by atoms with E-state index in [0.717, 1.165) is 57.0 Å². The lowest BCUT2D eigenvalue weighted by atomic mass is 9.95. The molecule has 3 unspecified atom stereocenters. The lowest BCUT2D eigenvalue weighted by molar-refractivity contribution is -0.0366. The van der Waals surface area contributed by atoms with Crippen LogP contribution in [0, 0.1) is 17.1 Å². The van der Waals surface area contributed by atoms with Gasteiger partial charge in [0.2, 0.25) is 0 Å². The van der Waals surface area contributed by atoms with Crippen LogP contribution in [-0.4, -0.2) is 104 Å². The van der Waals surface area contributed by atoms with Gasteiger partial charge in [0.1, 0.15) is 29.7 Å².